The lowest BCUT2D eigenvalue weighted by Gasteiger charge is -2.71. The average Bonchev–Trinajstić information content (AvgIpc) is 2.83. The fourth-order valence-corrected chi connectivity index (χ4v) is 4.48. The van der Waals surface area contributed by atoms with Crippen LogP contribution in [-0.4, -0.2) is 87.0 Å². The molecule has 25 heavy (non-hydrogen) atoms. The molecule has 0 aromatic heterocycles. The van der Waals surface area contributed by atoms with Crippen LogP contribution in [0.2, 0.25) is 0 Å². The summed E-state index contributed by atoms with van der Waals surface area (Å²) in [5, 5.41) is 29.5. The highest BCUT2D eigenvalue weighted by atomic mass is 19.1. The van der Waals surface area contributed by atoms with Gasteiger partial charge in [0.2, 0.25) is 5.67 Å². The molecule has 9 heteroatoms. The minimum absolute atomic E-state index is 0.564. The maximum atomic E-state index is 15.9. The standard InChI is InChI=1S/C16H25FN2O6/c1-14(2)11-16(17,15(14,3)4)12(23)18(5)13(24)19(11)10-9(22)8(21)7(6-20)25-10/h7-11,20-22H,6H2,1-5H3/t7-,8-,9-,10-,11+,16+/m1/s1. The Bertz CT molecular complexity index is 626. The van der Waals surface area contributed by atoms with Gasteiger partial charge in [-0.3, -0.25) is 14.6 Å². The topological polar surface area (TPSA) is 111 Å². The lowest BCUT2D eigenvalue weighted by Crippen LogP contribution is -2.88. The number of hydrogen-bond acceptors (Lipinski definition) is 6. The molecule has 2 heterocycles. The van der Waals surface area contributed by atoms with E-state index >= 15 is 4.39 Å². The van der Waals surface area contributed by atoms with Crippen molar-refractivity contribution in [2.45, 2.75) is 63.9 Å². The molecule has 3 amide bonds. The van der Waals surface area contributed by atoms with Crippen molar-refractivity contribution >= 4 is 11.9 Å². The Morgan fingerprint density at radius 3 is 2.20 bits per heavy atom. The molecular formula is C16H25FN2O6. The zero-order valence-electron chi connectivity index (χ0n) is 14.9. The first-order valence-corrected chi connectivity index (χ1v) is 8.27. The summed E-state index contributed by atoms with van der Waals surface area (Å²) in [4.78, 5) is 27.0. The molecule has 142 valence electrons. The molecular weight excluding hydrogens is 335 g/mol. The Hall–Kier alpha value is -1.29. The molecule has 6 atom stereocenters. The number of urea groups is 1. The molecule has 1 saturated carbocycles. The quantitative estimate of drug-likeness (QED) is 0.610. The zero-order chi connectivity index (χ0) is 19.1. The van der Waals surface area contributed by atoms with Gasteiger partial charge >= 0.3 is 6.03 Å². The first-order valence-electron chi connectivity index (χ1n) is 8.27. The Kier molecular flexibility index (Phi) is 3.79. The normalized spacial score (nSPS) is 45.4. The van der Waals surface area contributed by atoms with E-state index in [1.165, 1.54) is 7.05 Å². The smallest absolute Gasteiger partial charge is 0.329 e. The lowest BCUT2D eigenvalue weighted by molar-refractivity contribution is -0.277. The predicted octanol–water partition coefficient (Wildman–Crippen LogP) is -0.538. The average molecular weight is 360 g/mol. The fraction of sp³-hybridized carbons (Fsp3) is 0.875. The third-order valence-electron chi connectivity index (χ3n) is 6.77. The third kappa shape index (κ3) is 1.84. The van der Waals surface area contributed by atoms with Gasteiger partial charge in [0.15, 0.2) is 6.23 Å². The number of amides is 3. The van der Waals surface area contributed by atoms with Gasteiger partial charge in [-0.15, -0.1) is 0 Å². The molecule has 3 aliphatic rings. The van der Waals surface area contributed by atoms with Gasteiger partial charge in [0, 0.05) is 12.5 Å². The second-order valence-electron chi connectivity index (χ2n) is 8.24. The van der Waals surface area contributed by atoms with Crippen LogP contribution in [0.5, 0.6) is 0 Å². The van der Waals surface area contributed by atoms with Crippen molar-refractivity contribution < 1.29 is 34.0 Å². The van der Waals surface area contributed by atoms with Crippen molar-refractivity contribution in [1.82, 2.24) is 9.80 Å². The molecule has 3 fully saturated rings. The molecule has 0 unspecified atom stereocenters. The minimum atomic E-state index is -2.34. The van der Waals surface area contributed by atoms with Crippen LogP contribution in [0.15, 0.2) is 0 Å². The Balaban J connectivity index is 2.08. The number of imide groups is 1. The van der Waals surface area contributed by atoms with Crippen molar-refractivity contribution in [1.29, 1.82) is 0 Å². The van der Waals surface area contributed by atoms with E-state index in [9.17, 15) is 24.9 Å². The van der Waals surface area contributed by atoms with Crippen LogP contribution in [-0.2, 0) is 9.53 Å². The third-order valence-corrected chi connectivity index (χ3v) is 6.77. The maximum absolute atomic E-state index is 15.9. The van der Waals surface area contributed by atoms with Crippen molar-refractivity contribution in [2.24, 2.45) is 10.8 Å². The monoisotopic (exact) mass is 360 g/mol. The summed E-state index contributed by atoms with van der Waals surface area (Å²) in [5.41, 5.74) is -4.20. The second kappa shape index (κ2) is 5.12. The number of halogens is 1. The Labute approximate surface area is 145 Å². The van der Waals surface area contributed by atoms with Crippen LogP contribution in [0.4, 0.5) is 9.18 Å². The fourth-order valence-electron chi connectivity index (χ4n) is 4.48. The van der Waals surface area contributed by atoms with Gasteiger partial charge in [-0.2, -0.15) is 0 Å². The molecule has 1 aliphatic carbocycles. The minimum Gasteiger partial charge on any atom is -0.394 e. The molecule has 8 nitrogen and oxygen atoms in total. The van der Waals surface area contributed by atoms with Crippen LogP contribution in [0.25, 0.3) is 0 Å². The number of alkyl halides is 1. The van der Waals surface area contributed by atoms with E-state index in [1.807, 2.05) is 0 Å². The van der Waals surface area contributed by atoms with Gasteiger partial charge in [0.05, 0.1) is 12.6 Å². The second-order valence-corrected chi connectivity index (χ2v) is 8.24. The molecule has 0 spiro atoms. The summed E-state index contributed by atoms with van der Waals surface area (Å²) in [6, 6.07) is -1.96. The largest absolute Gasteiger partial charge is 0.394 e. The summed E-state index contributed by atoms with van der Waals surface area (Å²) in [6.45, 7) is 6.18. The van der Waals surface area contributed by atoms with Gasteiger partial charge in [-0.05, 0) is 5.41 Å². The van der Waals surface area contributed by atoms with Crippen LogP contribution in [0, 0.1) is 10.8 Å². The van der Waals surface area contributed by atoms with E-state index < -0.39 is 65.6 Å². The van der Waals surface area contributed by atoms with E-state index in [0.29, 0.717) is 4.90 Å². The highest BCUT2D eigenvalue weighted by molar-refractivity contribution is 6.04. The number of aliphatic hydroxyl groups excluding tert-OH is 3. The van der Waals surface area contributed by atoms with Crippen molar-refractivity contribution in [3.05, 3.63) is 0 Å². The number of aliphatic hydroxyl groups is 3. The van der Waals surface area contributed by atoms with Gasteiger partial charge < -0.3 is 20.1 Å². The summed E-state index contributed by atoms with van der Waals surface area (Å²) < 4.78 is 21.4. The molecule has 2 aliphatic heterocycles. The summed E-state index contributed by atoms with van der Waals surface area (Å²) in [5.74, 6) is -0.921. The Morgan fingerprint density at radius 1 is 1.16 bits per heavy atom. The van der Waals surface area contributed by atoms with Crippen molar-refractivity contribution in [3.8, 4) is 0 Å². The van der Waals surface area contributed by atoms with Crippen molar-refractivity contribution in [3.63, 3.8) is 0 Å². The molecule has 0 radical (unpaired) electrons. The zero-order valence-corrected chi connectivity index (χ0v) is 14.9. The molecule has 0 aromatic carbocycles. The molecule has 2 saturated heterocycles. The lowest BCUT2D eigenvalue weighted by atomic mass is 9.40. The van der Waals surface area contributed by atoms with Crippen LogP contribution in [0.1, 0.15) is 27.7 Å². The van der Waals surface area contributed by atoms with Gasteiger partial charge in [0.25, 0.3) is 5.91 Å². The number of hydrogen-bond donors (Lipinski definition) is 3. The first-order chi connectivity index (χ1) is 11.4. The summed E-state index contributed by atoms with van der Waals surface area (Å²) in [7, 11) is 1.18. The summed E-state index contributed by atoms with van der Waals surface area (Å²) >= 11 is 0. The van der Waals surface area contributed by atoms with Gasteiger partial charge in [-0.25, -0.2) is 9.18 Å². The highest BCUT2D eigenvalue weighted by Crippen LogP contribution is 2.68. The Morgan fingerprint density at radius 2 is 1.72 bits per heavy atom. The van der Waals surface area contributed by atoms with Crippen LogP contribution < -0.4 is 0 Å². The number of ether oxygens (including phenoxy) is 1. The summed E-state index contributed by atoms with van der Waals surface area (Å²) in [6.07, 6.45) is -5.39. The van der Waals surface area contributed by atoms with Crippen molar-refractivity contribution in [2.75, 3.05) is 13.7 Å². The van der Waals surface area contributed by atoms with E-state index in [-0.39, 0.29) is 0 Å². The molecule has 0 bridgehead atoms. The number of carbonyl (C=O) groups is 2. The van der Waals surface area contributed by atoms with Gasteiger partial charge in [-0.1, -0.05) is 27.7 Å². The first kappa shape index (κ1) is 18.5. The number of rotatable bonds is 2. The predicted molar refractivity (Wildman–Crippen MR) is 83.0 cm³/mol. The highest BCUT2D eigenvalue weighted by Gasteiger charge is 2.82. The van der Waals surface area contributed by atoms with Gasteiger partial charge in [0.1, 0.15) is 18.3 Å². The number of nitrogens with zero attached hydrogens (tertiary/aromatic N) is 2. The van der Waals surface area contributed by atoms with E-state index in [0.717, 1.165) is 4.90 Å². The number of fused-ring (bicyclic) bond motifs is 1. The van der Waals surface area contributed by atoms with E-state index in [1.54, 1.807) is 27.7 Å². The molecule has 3 N–H and O–H groups in total. The van der Waals surface area contributed by atoms with E-state index in [2.05, 4.69) is 0 Å². The SMILES string of the molecule is CN1C(=O)N([C@@H]2O[C@H](CO)[C@@H](O)[C@H]2O)[C@H]2C(C)(C)C(C)(C)[C@@]2(F)C1=O. The molecule has 3 rings (SSSR count). The number of carbonyl (C=O) groups excluding carboxylic acids is 2. The van der Waals surface area contributed by atoms with E-state index in [4.69, 9.17) is 4.74 Å². The maximum Gasteiger partial charge on any atom is 0.329 e. The molecule has 0 aromatic rings. The van der Waals surface area contributed by atoms with Crippen LogP contribution >= 0.6 is 0 Å². The van der Waals surface area contributed by atoms with Crippen LogP contribution in [0.3, 0.4) is 0 Å².